The lowest BCUT2D eigenvalue weighted by atomic mass is 10.0. The summed E-state index contributed by atoms with van der Waals surface area (Å²) < 4.78 is 1.80. The summed E-state index contributed by atoms with van der Waals surface area (Å²) in [5.41, 5.74) is 1.13. The maximum absolute atomic E-state index is 4.58. The molecule has 5 heteroatoms. The van der Waals surface area contributed by atoms with Crippen LogP contribution in [0.15, 0.2) is 17.4 Å². The number of guanidine groups is 1. The highest BCUT2D eigenvalue weighted by Crippen LogP contribution is 2.05. The quantitative estimate of drug-likeness (QED) is 0.585. The molecule has 108 valence electrons. The fourth-order valence-corrected chi connectivity index (χ4v) is 1.88. The van der Waals surface area contributed by atoms with Crippen molar-refractivity contribution in [3.05, 3.63) is 18.0 Å². The highest BCUT2D eigenvalue weighted by molar-refractivity contribution is 5.79. The molecule has 0 unspecified atom stereocenters. The predicted molar refractivity (Wildman–Crippen MR) is 80.1 cm³/mol. The average molecular weight is 265 g/mol. The van der Waals surface area contributed by atoms with Crippen molar-refractivity contribution < 1.29 is 0 Å². The number of hydrogen-bond acceptors (Lipinski definition) is 2. The van der Waals surface area contributed by atoms with Gasteiger partial charge in [-0.2, -0.15) is 5.10 Å². The van der Waals surface area contributed by atoms with Crippen LogP contribution in [0.25, 0.3) is 0 Å². The van der Waals surface area contributed by atoms with E-state index in [0.29, 0.717) is 12.5 Å². The maximum Gasteiger partial charge on any atom is 0.191 e. The molecule has 0 atom stereocenters. The van der Waals surface area contributed by atoms with Gasteiger partial charge in [0.1, 0.15) is 0 Å². The van der Waals surface area contributed by atoms with Crippen molar-refractivity contribution >= 4 is 5.96 Å². The molecular weight excluding hydrogens is 238 g/mol. The molecule has 19 heavy (non-hydrogen) atoms. The van der Waals surface area contributed by atoms with Gasteiger partial charge in [-0.05, 0) is 12.8 Å². The largest absolute Gasteiger partial charge is 0.357 e. The standard InChI is InChI=1S/C14H27N5/c1-5-12(6-2)8-16-14(15-7-3)17-9-13-10-18-19(4)11-13/h10-12H,5-9H2,1-4H3,(H2,15,16,17). The zero-order chi connectivity index (χ0) is 14.1. The Balaban J connectivity index is 2.50. The fourth-order valence-electron chi connectivity index (χ4n) is 1.88. The zero-order valence-electron chi connectivity index (χ0n) is 12.6. The van der Waals surface area contributed by atoms with Gasteiger partial charge in [-0.1, -0.05) is 26.7 Å². The van der Waals surface area contributed by atoms with Gasteiger partial charge < -0.3 is 10.6 Å². The highest BCUT2D eigenvalue weighted by Gasteiger charge is 2.04. The van der Waals surface area contributed by atoms with Crippen molar-refractivity contribution in [3.8, 4) is 0 Å². The van der Waals surface area contributed by atoms with Crippen molar-refractivity contribution in [3.63, 3.8) is 0 Å². The van der Waals surface area contributed by atoms with Gasteiger partial charge >= 0.3 is 0 Å². The van der Waals surface area contributed by atoms with E-state index in [9.17, 15) is 0 Å². The lowest BCUT2D eigenvalue weighted by Gasteiger charge is -2.16. The van der Waals surface area contributed by atoms with E-state index in [4.69, 9.17) is 0 Å². The van der Waals surface area contributed by atoms with Gasteiger partial charge in [0.25, 0.3) is 0 Å². The number of aromatic nitrogens is 2. The molecule has 0 fully saturated rings. The molecule has 0 amide bonds. The van der Waals surface area contributed by atoms with Gasteiger partial charge in [0.2, 0.25) is 0 Å². The molecule has 0 saturated carbocycles. The van der Waals surface area contributed by atoms with Crippen LogP contribution in [0.1, 0.15) is 39.2 Å². The van der Waals surface area contributed by atoms with E-state index < -0.39 is 0 Å². The van der Waals surface area contributed by atoms with Gasteiger partial charge in [-0.3, -0.25) is 4.68 Å². The van der Waals surface area contributed by atoms with Crippen molar-refractivity contribution in [1.29, 1.82) is 0 Å². The number of aliphatic imine (C=N–C) groups is 1. The SMILES string of the molecule is CCNC(=NCc1cnn(C)c1)NCC(CC)CC. The van der Waals surface area contributed by atoms with Crippen molar-refractivity contribution in [2.45, 2.75) is 40.2 Å². The second-order valence-electron chi connectivity index (χ2n) is 4.78. The van der Waals surface area contributed by atoms with Gasteiger partial charge in [0.05, 0.1) is 12.7 Å². The topological polar surface area (TPSA) is 54.2 Å². The van der Waals surface area contributed by atoms with E-state index in [1.165, 1.54) is 12.8 Å². The van der Waals surface area contributed by atoms with Gasteiger partial charge in [-0.25, -0.2) is 4.99 Å². The van der Waals surface area contributed by atoms with Crippen LogP contribution in [0.4, 0.5) is 0 Å². The summed E-state index contributed by atoms with van der Waals surface area (Å²) in [4.78, 5) is 4.58. The molecule has 0 radical (unpaired) electrons. The first-order valence-electron chi connectivity index (χ1n) is 7.19. The molecule has 1 rings (SSSR count). The number of aryl methyl sites for hydroxylation is 1. The Bertz CT molecular complexity index is 379. The van der Waals surface area contributed by atoms with E-state index in [1.807, 2.05) is 19.4 Å². The first-order chi connectivity index (χ1) is 9.19. The average Bonchev–Trinajstić information content (AvgIpc) is 2.82. The molecule has 2 N–H and O–H groups in total. The summed E-state index contributed by atoms with van der Waals surface area (Å²) in [6.45, 7) is 9.06. The lowest BCUT2D eigenvalue weighted by molar-refractivity contribution is 0.481. The normalized spacial score (nSPS) is 11.9. The first-order valence-corrected chi connectivity index (χ1v) is 7.19. The molecule has 5 nitrogen and oxygen atoms in total. The Labute approximate surface area is 116 Å². The van der Waals surface area contributed by atoms with Crippen LogP contribution in [0.5, 0.6) is 0 Å². The molecular formula is C14H27N5. The molecule has 1 aromatic heterocycles. The zero-order valence-corrected chi connectivity index (χ0v) is 12.6. The summed E-state index contributed by atoms with van der Waals surface area (Å²) in [6, 6.07) is 0. The van der Waals surface area contributed by atoms with Crippen LogP contribution in [-0.4, -0.2) is 28.8 Å². The Hall–Kier alpha value is -1.52. The minimum absolute atomic E-state index is 0.659. The molecule has 1 aromatic rings. The summed E-state index contributed by atoms with van der Waals surface area (Å²) in [6.07, 6.45) is 6.25. The Morgan fingerprint density at radius 1 is 1.32 bits per heavy atom. The van der Waals surface area contributed by atoms with Gasteiger partial charge in [-0.15, -0.1) is 0 Å². The van der Waals surface area contributed by atoms with Crippen molar-refractivity contribution in [2.75, 3.05) is 13.1 Å². The monoisotopic (exact) mass is 265 g/mol. The Morgan fingerprint density at radius 2 is 2.05 bits per heavy atom. The van der Waals surface area contributed by atoms with Gasteiger partial charge in [0.15, 0.2) is 5.96 Å². The van der Waals surface area contributed by atoms with Crippen LogP contribution >= 0.6 is 0 Å². The fraction of sp³-hybridized carbons (Fsp3) is 0.714. The molecule has 0 bridgehead atoms. The summed E-state index contributed by atoms with van der Waals surface area (Å²) in [7, 11) is 1.92. The number of hydrogen-bond donors (Lipinski definition) is 2. The minimum Gasteiger partial charge on any atom is -0.357 e. The minimum atomic E-state index is 0.659. The van der Waals surface area contributed by atoms with Crippen LogP contribution in [0, 0.1) is 5.92 Å². The summed E-state index contributed by atoms with van der Waals surface area (Å²) in [5, 5.41) is 10.8. The molecule has 0 saturated heterocycles. The number of nitrogens with zero attached hydrogens (tertiary/aromatic N) is 3. The smallest absolute Gasteiger partial charge is 0.191 e. The maximum atomic E-state index is 4.58. The number of rotatable bonds is 7. The van der Waals surface area contributed by atoms with Crippen LogP contribution in [0.2, 0.25) is 0 Å². The lowest BCUT2D eigenvalue weighted by Crippen LogP contribution is -2.39. The number of nitrogens with one attached hydrogen (secondary N) is 2. The third kappa shape index (κ3) is 5.77. The molecule has 0 aliphatic rings. The molecule has 1 heterocycles. The van der Waals surface area contributed by atoms with Crippen LogP contribution in [-0.2, 0) is 13.6 Å². The molecule has 0 aromatic carbocycles. The van der Waals surface area contributed by atoms with E-state index in [0.717, 1.165) is 24.6 Å². The second-order valence-corrected chi connectivity index (χ2v) is 4.78. The Morgan fingerprint density at radius 3 is 2.58 bits per heavy atom. The van der Waals surface area contributed by atoms with E-state index in [2.05, 4.69) is 41.5 Å². The molecule has 0 spiro atoms. The predicted octanol–water partition coefficient (Wildman–Crippen LogP) is 1.91. The molecule has 0 aliphatic carbocycles. The second kappa shape index (κ2) is 8.56. The van der Waals surface area contributed by atoms with E-state index >= 15 is 0 Å². The summed E-state index contributed by atoms with van der Waals surface area (Å²) >= 11 is 0. The molecule has 0 aliphatic heterocycles. The van der Waals surface area contributed by atoms with E-state index in [1.54, 1.807) is 4.68 Å². The van der Waals surface area contributed by atoms with Crippen molar-refractivity contribution in [2.24, 2.45) is 18.0 Å². The Kier molecular flexibility index (Phi) is 7.00. The van der Waals surface area contributed by atoms with Crippen molar-refractivity contribution in [1.82, 2.24) is 20.4 Å². The van der Waals surface area contributed by atoms with Crippen LogP contribution < -0.4 is 10.6 Å². The third-order valence-corrected chi connectivity index (χ3v) is 3.24. The van der Waals surface area contributed by atoms with Crippen LogP contribution in [0.3, 0.4) is 0 Å². The van der Waals surface area contributed by atoms with Gasteiger partial charge in [0, 0.05) is 31.9 Å². The summed E-state index contributed by atoms with van der Waals surface area (Å²) in [5.74, 6) is 1.60. The first kappa shape index (κ1) is 15.5. The third-order valence-electron chi connectivity index (χ3n) is 3.24. The highest BCUT2D eigenvalue weighted by atomic mass is 15.2. The van der Waals surface area contributed by atoms with E-state index in [-0.39, 0.29) is 0 Å².